The Morgan fingerprint density at radius 1 is 1.09 bits per heavy atom. The van der Waals surface area contributed by atoms with Crippen LogP contribution < -0.4 is 10.6 Å². The van der Waals surface area contributed by atoms with Crippen molar-refractivity contribution in [1.29, 1.82) is 0 Å². The van der Waals surface area contributed by atoms with E-state index in [2.05, 4.69) is 27.9 Å². The van der Waals surface area contributed by atoms with Gasteiger partial charge in [0, 0.05) is 25.7 Å². The Morgan fingerprint density at radius 3 is 2.26 bits per heavy atom. The minimum absolute atomic E-state index is 0.0445. The topological polar surface area (TPSA) is 126 Å². The van der Waals surface area contributed by atoms with Crippen LogP contribution in [0.4, 0.5) is 10.5 Å². The summed E-state index contributed by atoms with van der Waals surface area (Å²) in [7, 11) is 5.06. The van der Waals surface area contributed by atoms with E-state index in [-0.39, 0.29) is 30.5 Å². The highest BCUT2D eigenvalue weighted by Gasteiger charge is 2.30. The molecule has 0 spiro atoms. The van der Waals surface area contributed by atoms with Crippen LogP contribution in [0.15, 0.2) is 54.7 Å². The molecule has 1 unspecified atom stereocenters. The molecule has 1 atom stereocenters. The highest BCUT2D eigenvalue weighted by atomic mass is 16.5. The predicted octanol–water partition coefficient (Wildman–Crippen LogP) is 2.53. The third-order valence-corrected chi connectivity index (χ3v) is 5.79. The molecule has 2 aromatic carbocycles. The van der Waals surface area contributed by atoms with Crippen molar-refractivity contribution in [3.05, 3.63) is 71.5 Å². The molecule has 182 valence electrons. The van der Waals surface area contributed by atoms with Gasteiger partial charge in [0.2, 0.25) is 5.91 Å². The van der Waals surface area contributed by atoms with Crippen molar-refractivity contribution >= 4 is 23.7 Å². The number of nitrogens with one attached hydrogen (secondary N) is 2. The Bertz CT molecular complexity index is 1220. The number of hydrogen-bond donors (Lipinski definition) is 3. The number of fused-ring (bicyclic) bond motifs is 3. The van der Waals surface area contributed by atoms with Gasteiger partial charge in [-0.3, -0.25) is 9.48 Å². The SMILES string of the molecule is CN(C)CC(NC(=O)OCC1c2ccccc2-c2ccccc21)C(=O)Nc1cn(C)nc1C(=O)O. The lowest BCUT2D eigenvalue weighted by atomic mass is 9.98. The number of rotatable bonds is 8. The molecule has 1 aliphatic carbocycles. The van der Waals surface area contributed by atoms with E-state index >= 15 is 0 Å². The summed E-state index contributed by atoms with van der Waals surface area (Å²) in [4.78, 5) is 38.8. The molecule has 1 aromatic heterocycles. The van der Waals surface area contributed by atoms with Gasteiger partial charge in [-0.1, -0.05) is 48.5 Å². The number of aromatic carboxylic acids is 1. The van der Waals surface area contributed by atoms with Crippen molar-refractivity contribution in [2.24, 2.45) is 7.05 Å². The van der Waals surface area contributed by atoms with Gasteiger partial charge >= 0.3 is 12.1 Å². The first-order valence-corrected chi connectivity index (χ1v) is 11.1. The number of carboxylic acids is 1. The van der Waals surface area contributed by atoms with E-state index in [1.54, 1.807) is 26.0 Å². The summed E-state index contributed by atoms with van der Waals surface area (Å²) < 4.78 is 6.85. The first-order valence-electron chi connectivity index (χ1n) is 11.1. The van der Waals surface area contributed by atoms with Gasteiger partial charge in [-0.05, 0) is 36.3 Å². The van der Waals surface area contributed by atoms with E-state index in [1.807, 2.05) is 36.4 Å². The van der Waals surface area contributed by atoms with Gasteiger partial charge in [-0.15, -0.1) is 0 Å². The number of carbonyl (C=O) groups excluding carboxylic acids is 2. The van der Waals surface area contributed by atoms with Crippen LogP contribution in [0.25, 0.3) is 11.1 Å². The van der Waals surface area contributed by atoms with E-state index in [0.717, 1.165) is 22.3 Å². The van der Waals surface area contributed by atoms with Crippen LogP contribution in [0.5, 0.6) is 0 Å². The van der Waals surface area contributed by atoms with Crippen LogP contribution >= 0.6 is 0 Å². The van der Waals surface area contributed by atoms with E-state index in [0.29, 0.717) is 0 Å². The van der Waals surface area contributed by atoms with E-state index in [4.69, 9.17) is 4.74 Å². The first-order chi connectivity index (χ1) is 16.7. The smallest absolute Gasteiger partial charge is 0.407 e. The van der Waals surface area contributed by atoms with Gasteiger partial charge in [0.05, 0.1) is 5.69 Å². The van der Waals surface area contributed by atoms with E-state index < -0.39 is 24.0 Å². The maximum absolute atomic E-state index is 12.9. The molecule has 0 saturated heterocycles. The van der Waals surface area contributed by atoms with E-state index in [1.165, 1.54) is 10.9 Å². The minimum atomic E-state index is -1.27. The number of carbonyl (C=O) groups is 3. The third kappa shape index (κ3) is 5.17. The summed E-state index contributed by atoms with van der Waals surface area (Å²) in [5.74, 6) is -1.96. The predicted molar refractivity (Wildman–Crippen MR) is 129 cm³/mol. The maximum atomic E-state index is 12.9. The summed E-state index contributed by atoms with van der Waals surface area (Å²) in [6.07, 6.45) is 0.653. The highest BCUT2D eigenvalue weighted by Crippen LogP contribution is 2.44. The second-order valence-corrected chi connectivity index (χ2v) is 8.64. The molecule has 10 nitrogen and oxygen atoms in total. The Morgan fingerprint density at radius 2 is 1.69 bits per heavy atom. The van der Waals surface area contributed by atoms with Crippen molar-refractivity contribution < 1.29 is 24.2 Å². The molecule has 10 heteroatoms. The summed E-state index contributed by atoms with van der Waals surface area (Å²) in [5.41, 5.74) is 4.16. The maximum Gasteiger partial charge on any atom is 0.407 e. The Hall–Kier alpha value is -4.18. The zero-order chi connectivity index (χ0) is 25.1. The summed E-state index contributed by atoms with van der Waals surface area (Å²) in [6, 6.07) is 15.0. The minimum Gasteiger partial charge on any atom is -0.476 e. The van der Waals surface area contributed by atoms with E-state index in [9.17, 15) is 19.5 Å². The number of nitrogens with zero attached hydrogens (tertiary/aromatic N) is 3. The second kappa shape index (κ2) is 9.98. The van der Waals surface area contributed by atoms with Crippen LogP contribution in [-0.2, 0) is 16.6 Å². The molecule has 0 radical (unpaired) electrons. The van der Waals surface area contributed by atoms with Crippen molar-refractivity contribution in [3.8, 4) is 11.1 Å². The number of alkyl carbamates (subject to hydrolysis) is 1. The number of anilines is 1. The number of likely N-dealkylation sites (N-methyl/N-ethyl adjacent to an activating group) is 1. The number of aromatic nitrogens is 2. The van der Waals surface area contributed by atoms with Crippen LogP contribution in [0.3, 0.4) is 0 Å². The molecule has 0 aliphatic heterocycles. The first kappa shape index (κ1) is 24.0. The number of hydrogen-bond acceptors (Lipinski definition) is 6. The van der Waals surface area contributed by atoms with Crippen LogP contribution in [-0.4, -0.2) is 71.0 Å². The van der Waals surface area contributed by atoms with Crippen molar-refractivity contribution in [3.63, 3.8) is 0 Å². The zero-order valence-corrected chi connectivity index (χ0v) is 19.7. The zero-order valence-electron chi connectivity index (χ0n) is 19.7. The Labute approximate surface area is 202 Å². The monoisotopic (exact) mass is 477 g/mol. The quantitative estimate of drug-likeness (QED) is 0.455. The van der Waals surface area contributed by atoms with Gasteiger partial charge in [0.25, 0.3) is 0 Å². The normalized spacial score (nSPS) is 13.1. The standard InChI is InChI=1S/C25H27N5O5/c1-29(2)12-21(23(31)26-20-13-30(3)28-22(20)24(32)33)27-25(34)35-14-19-17-10-6-4-8-15(17)16-9-5-7-11-18(16)19/h4-11,13,19,21H,12,14H2,1-3H3,(H,26,31)(H,27,34)(H,32,33). The van der Waals surface area contributed by atoms with Crippen LogP contribution in [0, 0.1) is 0 Å². The molecule has 0 fully saturated rings. The molecule has 2 amide bonds. The van der Waals surface area contributed by atoms with Crippen LogP contribution in [0.2, 0.25) is 0 Å². The largest absolute Gasteiger partial charge is 0.476 e. The number of ether oxygens (including phenoxy) is 1. The fourth-order valence-corrected chi connectivity index (χ4v) is 4.30. The lowest BCUT2D eigenvalue weighted by Crippen LogP contribution is -2.49. The van der Waals surface area contributed by atoms with Gasteiger partial charge in [0.1, 0.15) is 12.6 Å². The molecule has 1 aliphatic rings. The molecule has 0 saturated carbocycles. The average Bonchev–Trinajstić information content (AvgIpc) is 3.34. The fraction of sp³-hybridized carbons (Fsp3) is 0.280. The lowest BCUT2D eigenvalue weighted by Gasteiger charge is -2.22. The van der Waals surface area contributed by atoms with Crippen LogP contribution in [0.1, 0.15) is 27.5 Å². The van der Waals surface area contributed by atoms with Crippen molar-refractivity contribution in [1.82, 2.24) is 20.0 Å². The number of amides is 2. The van der Waals surface area contributed by atoms with Gasteiger partial charge in [-0.2, -0.15) is 5.10 Å². The molecule has 3 aromatic rings. The summed E-state index contributed by atoms with van der Waals surface area (Å²) >= 11 is 0. The van der Waals surface area contributed by atoms with Crippen molar-refractivity contribution in [2.75, 3.05) is 32.6 Å². The van der Waals surface area contributed by atoms with Crippen molar-refractivity contribution in [2.45, 2.75) is 12.0 Å². The number of carboxylic acid groups (broad SMARTS) is 1. The number of benzene rings is 2. The fourth-order valence-electron chi connectivity index (χ4n) is 4.30. The second-order valence-electron chi connectivity index (χ2n) is 8.64. The third-order valence-electron chi connectivity index (χ3n) is 5.79. The molecule has 0 bridgehead atoms. The molecular formula is C25H27N5O5. The molecule has 35 heavy (non-hydrogen) atoms. The van der Waals surface area contributed by atoms with Gasteiger partial charge in [0.15, 0.2) is 5.69 Å². The average molecular weight is 478 g/mol. The number of aryl methyl sites for hydroxylation is 1. The summed E-state index contributed by atoms with van der Waals surface area (Å²) in [6.45, 7) is 0.292. The molecule has 3 N–H and O–H groups in total. The Kier molecular flexibility index (Phi) is 6.83. The molecule has 1 heterocycles. The molecular weight excluding hydrogens is 450 g/mol. The Balaban J connectivity index is 1.44. The molecule has 4 rings (SSSR count). The summed E-state index contributed by atoms with van der Waals surface area (Å²) in [5, 5.41) is 18.3. The van der Waals surface area contributed by atoms with Gasteiger partial charge < -0.3 is 25.4 Å². The van der Waals surface area contributed by atoms with Gasteiger partial charge in [-0.25, -0.2) is 9.59 Å². The lowest BCUT2D eigenvalue weighted by molar-refractivity contribution is -0.118. The highest BCUT2D eigenvalue weighted by molar-refractivity contribution is 6.01.